The van der Waals surface area contributed by atoms with Gasteiger partial charge < -0.3 is 24.8 Å². The van der Waals surface area contributed by atoms with Crippen molar-refractivity contribution in [3.63, 3.8) is 0 Å². The van der Waals surface area contributed by atoms with Crippen LogP contribution in [0.2, 0.25) is 0 Å². The molecule has 0 amide bonds. The Morgan fingerprint density at radius 1 is 0.525 bits per heavy atom. The predicted molar refractivity (Wildman–Crippen MR) is 156 cm³/mol. The molecule has 0 saturated carbocycles. The minimum atomic E-state index is -1.23. The van der Waals surface area contributed by atoms with Crippen LogP contribution in [0.1, 0.15) is 42.6 Å². The molecule has 5 aromatic carbocycles. The number of rotatable bonds is 6. The maximum Gasteiger partial charge on any atom is -1.00 e. The van der Waals surface area contributed by atoms with E-state index in [2.05, 4.69) is 152 Å². The summed E-state index contributed by atoms with van der Waals surface area (Å²) >= 11 is -1.23. The van der Waals surface area contributed by atoms with Gasteiger partial charge in [0.15, 0.2) is 0 Å². The summed E-state index contributed by atoms with van der Waals surface area (Å²) in [4.78, 5) is 0. The first-order chi connectivity index (χ1) is 18.8. The van der Waals surface area contributed by atoms with Crippen molar-refractivity contribution in [1.82, 2.24) is 0 Å². The maximum absolute atomic E-state index is 2.50. The largest absolute Gasteiger partial charge is 1.00 e. The number of hydrogen-bond donors (Lipinski definition) is 0. The van der Waals surface area contributed by atoms with Crippen molar-refractivity contribution in [3.05, 3.63) is 178 Å². The Bertz CT molecular complexity index is 1660. The Morgan fingerprint density at radius 2 is 1.07 bits per heavy atom. The molecule has 0 nitrogen and oxygen atoms in total. The molecule has 0 bridgehead atoms. The van der Waals surface area contributed by atoms with E-state index in [4.69, 9.17) is 0 Å². The maximum atomic E-state index is 2.50. The molecule has 0 radical (unpaired) electrons. The third-order valence-electron chi connectivity index (χ3n) is 8.00. The molecule has 0 N–H and O–H groups in total. The van der Waals surface area contributed by atoms with Gasteiger partial charge in [-0.05, 0) is 0 Å². The van der Waals surface area contributed by atoms with Crippen LogP contribution < -0.4 is 24.8 Å². The first-order valence-electron chi connectivity index (χ1n) is 13.4. The second-order valence-electron chi connectivity index (χ2n) is 10.3. The van der Waals surface area contributed by atoms with Crippen LogP contribution in [0.15, 0.2) is 140 Å². The van der Waals surface area contributed by atoms with Gasteiger partial charge in [0, 0.05) is 0 Å². The molecule has 0 aromatic heterocycles. The number of fused-ring (bicyclic) bond motifs is 2. The molecule has 194 valence electrons. The van der Waals surface area contributed by atoms with E-state index in [0.29, 0.717) is 3.63 Å². The van der Waals surface area contributed by atoms with Crippen molar-refractivity contribution < 1.29 is 48.0 Å². The van der Waals surface area contributed by atoms with Gasteiger partial charge in [-0.15, -0.1) is 0 Å². The van der Waals surface area contributed by atoms with Crippen LogP contribution in [0.25, 0.3) is 23.3 Å². The summed E-state index contributed by atoms with van der Waals surface area (Å²) in [6.07, 6.45) is 6.01. The van der Waals surface area contributed by atoms with Crippen molar-refractivity contribution in [2.24, 2.45) is 0 Å². The Morgan fingerprint density at radius 3 is 1.77 bits per heavy atom. The van der Waals surface area contributed by atoms with Crippen LogP contribution in [-0.2, 0) is 32.8 Å². The molecule has 40 heavy (non-hydrogen) atoms. The molecular formula is C37H28Cl2Zr. The second kappa shape index (κ2) is 12.3. The minimum absolute atomic E-state index is 0. The molecule has 2 atom stereocenters. The minimum Gasteiger partial charge on any atom is -1.00 e. The summed E-state index contributed by atoms with van der Waals surface area (Å²) in [5.41, 5.74) is 13.0. The molecule has 5 aromatic rings. The zero-order chi connectivity index (χ0) is 25.4. The molecule has 0 heterocycles. The van der Waals surface area contributed by atoms with Gasteiger partial charge in [0.1, 0.15) is 0 Å². The quantitative estimate of drug-likeness (QED) is 0.270. The van der Waals surface area contributed by atoms with Crippen LogP contribution >= 0.6 is 0 Å². The van der Waals surface area contributed by atoms with E-state index in [0.717, 1.165) is 6.42 Å². The summed E-state index contributed by atoms with van der Waals surface area (Å²) in [5, 5.41) is 0. The second-order valence-corrected chi connectivity index (χ2v) is 14.5. The molecular weight excluding hydrogens is 607 g/mol. The SMILES string of the molecule is C1=C(c2ccccc2)[CH]([Zr+2][C]2(Cc3ccccc3)C(c3ccccc3)=Cc3ccccc32)c2ccccc21.[Cl-].[Cl-]. The van der Waals surface area contributed by atoms with E-state index in [9.17, 15) is 0 Å². The van der Waals surface area contributed by atoms with Gasteiger partial charge in [-0.1, -0.05) is 0 Å². The summed E-state index contributed by atoms with van der Waals surface area (Å²) < 4.78 is 0.484. The third kappa shape index (κ3) is 5.12. The van der Waals surface area contributed by atoms with Crippen molar-refractivity contribution in [2.75, 3.05) is 0 Å². The van der Waals surface area contributed by atoms with Gasteiger partial charge in [0.25, 0.3) is 0 Å². The molecule has 2 aliphatic rings. The average Bonchev–Trinajstić information content (AvgIpc) is 3.51. The van der Waals surface area contributed by atoms with Crippen molar-refractivity contribution in [2.45, 2.75) is 13.2 Å². The first-order valence-corrected chi connectivity index (χ1v) is 16.0. The van der Waals surface area contributed by atoms with E-state index in [1.807, 2.05) is 0 Å². The van der Waals surface area contributed by atoms with E-state index in [1.165, 1.54) is 50.1 Å². The fourth-order valence-electron chi connectivity index (χ4n) is 6.29. The van der Waals surface area contributed by atoms with Crippen LogP contribution in [0, 0.1) is 0 Å². The molecule has 0 saturated heterocycles. The molecule has 0 spiro atoms. The van der Waals surface area contributed by atoms with Gasteiger partial charge in [-0.25, -0.2) is 0 Å². The molecule has 0 fully saturated rings. The Hall–Kier alpha value is -2.96. The van der Waals surface area contributed by atoms with Crippen molar-refractivity contribution >= 4 is 23.3 Å². The van der Waals surface area contributed by atoms with E-state index in [-0.39, 0.29) is 27.9 Å². The summed E-state index contributed by atoms with van der Waals surface area (Å²) in [7, 11) is 0. The van der Waals surface area contributed by atoms with Crippen LogP contribution in [0.5, 0.6) is 0 Å². The first kappa shape index (κ1) is 28.6. The molecule has 7 rings (SSSR count). The number of hydrogen-bond acceptors (Lipinski definition) is 0. The number of allylic oxidation sites excluding steroid dienone is 2. The Balaban J connectivity index is 0.00000161. The van der Waals surface area contributed by atoms with E-state index in [1.54, 1.807) is 0 Å². The standard InChI is InChI=1S/C22H17.C15H11.2ClH.Zr/c1-3-9-17(10-4-1)15-22-20-14-8-7-13-19(20)16-21(22)18-11-5-2-6-12-18;1-2-6-12(7-3-1)15-10-13-8-4-5-9-14(13)11-15;;;/h1-14,16H,15H2;1-11H;2*1H;/q;;;;+2/p-2. The average molecular weight is 635 g/mol. The van der Waals surface area contributed by atoms with Crippen LogP contribution in [0.3, 0.4) is 0 Å². The van der Waals surface area contributed by atoms with Crippen LogP contribution in [0.4, 0.5) is 0 Å². The molecule has 2 aliphatic carbocycles. The topological polar surface area (TPSA) is 0 Å². The monoisotopic (exact) mass is 632 g/mol. The van der Waals surface area contributed by atoms with Crippen molar-refractivity contribution in [1.29, 1.82) is 0 Å². The van der Waals surface area contributed by atoms with E-state index < -0.39 is 23.2 Å². The smallest absolute Gasteiger partial charge is 1.00 e. The summed E-state index contributed by atoms with van der Waals surface area (Å²) in [6.45, 7) is 0. The molecule has 0 aliphatic heterocycles. The third-order valence-corrected chi connectivity index (χ3v) is 13.2. The zero-order valence-corrected chi connectivity index (χ0v) is 25.9. The van der Waals surface area contributed by atoms with E-state index >= 15 is 0 Å². The van der Waals surface area contributed by atoms with Gasteiger partial charge in [-0.2, -0.15) is 0 Å². The van der Waals surface area contributed by atoms with Gasteiger partial charge in [0.2, 0.25) is 0 Å². The normalized spacial score (nSPS) is 18.2. The molecule has 2 unspecified atom stereocenters. The molecule has 3 heteroatoms. The Kier molecular flexibility index (Phi) is 8.77. The Labute approximate surface area is 261 Å². The van der Waals surface area contributed by atoms with Crippen LogP contribution in [-0.4, -0.2) is 0 Å². The fraction of sp³-hybridized carbons (Fsp3) is 0.0811. The number of halogens is 2. The predicted octanol–water partition coefficient (Wildman–Crippen LogP) is 3.06. The zero-order valence-electron chi connectivity index (χ0n) is 22.0. The fourth-order valence-corrected chi connectivity index (χ4v) is 12.1. The summed E-state index contributed by atoms with van der Waals surface area (Å²) in [5.74, 6) is 0. The van der Waals surface area contributed by atoms with Gasteiger partial charge in [-0.3, -0.25) is 0 Å². The number of benzene rings is 5. The van der Waals surface area contributed by atoms with Gasteiger partial charge >= 0.3 is 238 Å². The summed E-state index contributed by atoms with van der Waals surface area (Å²) in [6, 6.07) is 51.7. The van der Waals surface area contributed by atoms with Crippen molar-refractivity contribution in [3.8, 4) is 0 Å². The van der Waals surface area contributed by atoms with Gasteiger partial charge in [0.05, 0.1) is 0 Å².